The second-order valence-corrected chi connectivity index (χ2v) is 4.79. The normalized spacial score (nSPS) is 11.9. The zero-order chi connectivity index (χ0) is 15.0. The molecule has 6 heteroatoms. The number of aliphatic carboxylic acids is 1. The molecular formula is C14H21N3O3. The highest BCUT2D eigenvalue weighted by Crippen LogP contribution is 2.14. The van der Waals surface area contributed by atoms with E-state index in [0.29, 0.717) is 24.6 Å². The first-order valence-corrected chi connectivity index (χ1v) is 6.81. The number of aryl methyl sites for hydroxylation is 1. The van der Waals surface area contributed by atoms with Crippen molar-refractivity contribution in [3.63, 3.8) is 0 Å². The number of amides is 1. The molecule has 2 N–H and O–H groups in total. The van der Waals surface area contributed by atoms with Crippen molar-refractivity contribution in [3.05, 3.63) is 23.8 Å². The van der Waals surface area contributed by atoms with Crippen LogP contribution in [0.25, 0.3) is 0 Å². The minimum Gasteiger partial charge on any atom is -0.481 e. The fourth-order valence-corrected chi connectivity index (χ4v) is 1.87. The summed E-state index contributed by atoms with van der Waals surface area (Å²) in [4.78, 5) is 30.3. The molecule has 0 saturated carbocycles. The number of carbonyl (C=O) groups is 2. The Hall–Kier alpha value is -1.98. The van der Waals surface area contributed by atoms with Gasteiger partial charge in [0.05, 0.1) is 11.9 Å². The van der Waals surface area contributed by atoms with E-state index in [4.69, 9.17) is 5.11 Å². The average molecular weight is 279 g/mol. The van der Waals surface area contributed by atoms with Crippen molar-refractivity contribution in [2.75, 3.05) is 6.54 Å². The number of carboxylic acids is 1. The SMILES string of the molecule is CCC(CCNC(=O)c1cnc(C)cn1)CCC(=O)O. The van der Waals surface area contributed by atoms with E-state index in [1.54, 1.807) is 6.20 Å². The summed E-state index contributed by atoms with van der Waals surface area (Å²) in [6, 6.07) is 0. The molecular weight excluding hydrogens is 258 g/mol. The van der Waals surface area contributed by atoms with Crippen LogP contribution >= 0.6 is 0 Å². The van der Waals surface area contributed by atoms with E-state index in [1.807, 2.05) is 13.8 Å². The van der Waals surface area contributed by atoms with Crippen LogP contribution < -0.4 is 5.32 Å². The van der Waals surface area contributed by atoms with Crippen molar-refractivity contribution >= 4 is 11.9 Å². The standard InChI is InChI=1S/C14H21N3O3/c1-3-11(4-5-13(18)19)6-7-15-14(20)12-9-16-10(2)8-17-12/h8-9,11H,3-7H2,1-2H3,(H,15,20)(H,18,19). The van der Waals surface area contributed by atoms with Gasteiger partial charge in [0.2, 0.25) is 0 Å². The molecule has 1 rings (SSSR count). The van der Waals surface area contributed by atoms with Crippen molar-refractivity contribution in [2.45, 2.75) is 39.5 Å². The molecule has 0 aliphatic carbocycles. The van der Waals surface area contributed by atoms with Gasteiger partial charge in [-0.1, -0.05) is 13.3 Å². The van der Waals surface area contributed by atoms with Crippen LogP contribution in [0.5, 0.6) is 0 Å². The monoisotopic (exact) mass is 279 g/mol. The first-order chi connectivity index (χ1) is 9.52. The van der Waals surface area contributed by atoms with Crippen LogP contribution in [0, 0.1) is 12.8 Å². The Balaban J connectivity index is 2.33. The van der Waals surface area contributed by atoms with Crippen LogP contribution in [-0.4, -0.2) is 33.5 Å². The van der Waals surface area contributed by atoms with E-state index in [0.717, 1.165) is 18.5 Å². The zero-order valence-corrected chi connectivity index (χ0v) is 11.9. The van der Waals surface area contributed by atoms with Crippen molar-refractivity contribution in [1.29, 1.82) is 0 Å². The highest BCUT2D eigenvalue weighted by atomic mass is 16.4. The van der Waals surface area contributed by atoms with Crippen LogP contribution in [0.3, 0.4) is 0 Å². The largest absolute Gasteiger partial charge is 0.481 e. The lowest BCUT2D eigenvalue weighted by Crippen LogP contribution is -2.27. The molecule has 1 amide bonds. The molecule has 1 unspecified atom stereocenters. The summed E-state index contributed by atoms with van der Waals surface area (Å²) in [5, 5.41) is 11.4. The third kappa shape index (κ3) is 5.77. The predicted molar refractivity (Wildman–Crippen MR) is 74.4 cm³/mol. The quantitative estimate of drug-likeness (QED) is 0.757. The van der Waals surface area contributed by atoms with Gasteiger partial charge < -0.3 is 10.4 Å². The first kappa shape index (κ1) is 16.1. The molecule has 0 fully saturated rings. The number of carboxylic acid groups (broad SMARTS) is 1. The third-order valence-electron chi connectivity index (χ3n) is 3.20. The summed E-state index contributed by atoms with van der Waals surface area (Å²) < 4.78 is 0. The fraction of sp³-hybridized carbons (Fsp3) is 0.571. The average Bonchev–Trinajstić information content (AvgIpc) is 2.42. The predicted octanol–water partition coefficient (Wildman–Crippen LogP) is 1.80. The molecule has 0 spiro atoms. The molecule has 20 heavy (non-hydrogen) atoms. The molecule has 1 aromatic heterocycles. The molecule has 0 saturated heterocycles. The number of aromatic nitrogens is 2. The molecule has 1 aromatic rings. The zero-order valence-electron chi connectivity index (χ0n) is 11.9. The van der Waals surface area contributed by atoms with E-state index in [1.165, 1.54) is 6.20 Å². The maximum Gasteiger partial charge on any atom is 0.303 e. The number of nitrogens with zero attached hydrogens (tertiary/aromatic N) is 2. The highest BCUT2D eigenvalue weighted by Gasteiger charge is 2.11. The van der Waals surface area contributed by atoms with Gasteiger partial charge in [0.15, 0.2) is 0 Å². The van der Waals surface area contributed by atoms with Crippen molar-refractivity contribution in [3.8, 4) is 0 Å². The topological polar surface area (TPSA) is 92.2 Å². The van der Waals surface area contributed by atoms with Gasteiger partial charge in [-0.25, -0.2) is 4.98 Å². The summed E-state index contributed by atoms with van der Waals surface area (Å²) in [5.74, 6) is -0.705. The van der Waals surface area contributed by atoms with Crippen molar-refractivity contribution in [2.24, 2.45) is 5.92 Å². The van der Waals surface area contributed by atoms with E-state index >= 15 is 0 Å². The Morgan fingerprint density at radius 1 is 1.30 bits per heavy atom. The highest BCUT2D eigenvalue weighted by molar-refractivity contribution is 5.91. The van der Waals surface area contributed by atoms with Crippen LogP contribution in [0.2, 0.25) is 0 Å². The summed E-state index contributed by atoms with van der Waals surface area (Å²) in [6.07, 6.45) is 5.51. The van der Waals surface area contributed by atoms with Gasteiger partial charge >= 0.3 is 5.97 Å². The van der Waals surface area contributed by atoms with E-state index in [2.05, 4.69) is 15.3 Å². The lowest BCUT2D eigenvalue weighted by Gasteiger charge is -2.13. The fourth-order valence-electron chi connectivity index (χ4n) is 1.87. The Bertz CT molecular complexity index is 445. The second-order valence-electron chi connectivity index (χ2n) is 4.79. The molecule has 1 atom stereocenters. The van der Waals surface area contributed by atoms with Gasteiger partial charge in [0.1, 0.15) is 5.69 Å². The molecule has 6 nitrogen and oxygen atoms in total. The number of rotatable bonds is 8. The molecule has 0 aromatic carbocycles. The van der Waals surface area contributed by atoms with E-state index in [-0.39, 0.29) is 12.3 Å². The Kier molecular flexibility index (Phi) is 6.63. The van der Waals surface area contributed by atoms with Crippen LogP contribution in [0.1, 0.15) is 48.8 Å². The number of hydrogen-bond donors (Lipinski definition) is 2. The summed E-state index contributed by atoms with van der Waals surface area (Å²) in [6.45, 7) is 4.36. The van der Waals surface area contributed by atoms with E-state index < -0.39 is 5.97 Å². The molecule has 0 bridgehead atoms. The molecule has 1 heterocycles. The lowest BCUT2D eigenvalue weighted by atomic mass is 9.96. The second kappa shape index (κ2) is 8.24. The van der Waals surface area contributed by atoms with Gasteiger partial charge in [-0.15, -0.1) is 0 Å². The number of hydrogen-bond acceptors (Lipinski definition) is 4. The summed E-state index contributed by atoms with van der Waals surface area (Å²) >= 11 is 0. The van der Waals surface area contributed by atoms with Crippen molar-refractivity contribution < 1.29 is 14.7 Å². The minimum atomic E-state index is -0.776. The minimum absolute atomic E-state index is 0.176. The molecule has 0 radical (unpaired) electrons. The smallest absolute Gasteiger partial charge is 0.303 e. The van der Waals surface area contributed by atoms with Gasteiger partial charge in [0.25, 0.3) is 5.91 Å². The lowest BCUT2D eigenvalue weighted by molar-refractivity contribution is -0.137. The maximum atomic E-state index is 11.8. The third-order valence-corrected chi connectivity index (χ3v) is 3.20. The van der Waals surface area contributed by atoms with Gasteiger partial charge in [0, 0.05) is 19.2 Å². The van der Waals surface area contributed by atoms with E-state index in [9.17, 15) is 9.59 Å². The van der Waals surface area contributed by atoms with Gasteiger partial charge in [-0.05, 0) is 25.7 Å². The van der Waals surface area contributed by atoms with Crippen LogP contribution in [0.4, 0.5) is 0 Å². The molecule has 0 aliphatic heterocycles. The maximum absolute atomic E-state index is 11.8. The van der Waals surface area contributed by atoms with Gasteiger partial charge in [-0.2, -0.15) is 0 Å². The Labute approximate surface area is 118 Å². The summed E-state index contributed by atoms with van der Waals surface area (Å²) in [5.41, 5.74) is 1.07. The Morgan fingerprint density at radius 2 is 2.05 bits per heavy atom. The van der Waals surface area contributed by atoms with Gasteiger partial charge in [-0.3, -0.25) is 14.6 Å². The number of carbonyl (C=O) groups excluding carboxylic acids is 1. The Morgan fingerprint density at radius 3 is 2.60 bits per heavy atom. The summed E-state index contributed by atoms with van der Waals surface area (Å²) in [7, 11) is 0. The molecule has 0 aliphatic rings. The number of nitrogens with one attached hydrogen (secondary N) is 1. The first-order valence-electron chi connectivity index (χ1n) is 6.81. The van der Waals surface area contributed by atoms with Crippen molar-refractivity contribution in [1.82, 2.24) is 15.3 Å². The van der Waals surface area contributed by atoms with Crippen LogP contribution in [-0.2, 0) is 4.79 Å². The van der Waals surface area contributed by atoms with Crippen LogP contribution in [0.15, 0.2) is 12.4 Å². The molecule has 110 valence electrons.